The van der Waals surface area contributed by atoms with Crippen LogP contribution in [0.5, 0.6) is 5.75 Å². The van der Waals surface area contributed by atoms with Gasteiger partial charge in [-0.25, -0.2) is 0 Å². The average molecular weight is 293 g/mol. The third kappa shape index (κ3) is 5.28. The zero-order chi connectivity index (χ0) is 14.9. The molecule has 5 nitrogen and oxygen atoms in total. The number of hydrogen-bond donors (Lipinski definition) is 3. The minimum Gasteiger partial charge on any atom is -0.496 e. The third-order valence-electron chi connectivity index (χ3n) is 3.79. The van der Waals surface area contributed by atoms with E-state index >= 15 is 0 Å². The normalized spacial score (nSPS) is 16.1. The van der Waals surface area contributed by atoms with E-state index in [1.165, 1.54) is 11.1 Å². The van der Waals surface area contributed by atoms with Crippen LogP contribution < -0.4 is 15.4 Å². The van der Waals surface area contributed by atoms with Crippen molar-refractivity contribution in [2.24, 2.45) is 0 Å². The van der Waals surface area contributed by atoms with E-state index in [0.29, 0.717) is 0 Å². The van der Waals surface area contributed by atoms with Crippen molar-refractivity contribution in [2.45, 2.75) is 19.5 Å². The number of piperazine rings is 1. The van der Waals surface area contributed by atoms with Gasteiger partial charge < -0.3 is 20.5 Å². The minimum atomic E-state index is 0.230. The van der Waals surface area contributed by atoms with Crippen LogP contribution in [0.15, 0.2) is 18.2 Å². The summed E-state index contributed by atoms with van der Waals surface area (Å²) in [5.41, 5.74) is 2.47. The molecule has 3 N–H and O–H groups in total. The van der Waals surface area contributed by atoms with E-state index in [2.05, 4.69) is 33.7 Å². The van der Waals surface area contributed by atoms with Gasteiger partial charge in [0.15, 0.2) is 0 Å². The first-order valence-corrected chi connectivity index (χ1v) is 7.74. The molecule has 0 atom stereocenters. The van der Waals surface area contributed by atoms with Crippen molar-refractivity contribution in [1.29, 1.82) is 0 Å². The lowest BCUT2D eigenvalue weighted by Crippen LogP contribution is -2.42. The first-order chi connectivity index (χ1) is 10.3. The molecule has 5 heteroatoms. The van der Waals surface area contributed by atoms with E-state index < -0.39 is 0 Å². The molecule has 0 bridgehead atoms. The summed E-state index contributed by atoms with van der Waals surface area (Å²) >= 11 is 0. The van der Waals surface area contributed by atoms with Gasteiger partial charge in [0, 0.05) is 51.4 Å². The van der Waals surface area contributed by atoms with Crippen LogP contribution in [0.4, 0.5) is 0 Å². The average Bonchev–Trinajstić information content (AvgIpc) is 2.53. The standard InChI is InChI=1S/C16H27N3O2/c1-21-16-11-14(13-19-8-6-17-7-9-19)3-4-15(16)12-18-5-2-10-20/h3-4,11,17-18,20H,2,5-10,12-13H2,1H3. The van der Waals surface area contributed by atoms with Gasteiger partial charge in [-0.1, -0.05) is 12.1 Å². The molecule has 2 rings (SSSR count). The minimum absolute atomic E-state index is 0.230. The van der Waals surface area contributed by atoms with Crippen LogP contribution in [0.3, 0.4) is 0 Å². The summed E-state index contributed by atoms with van der Waals surface area (Å²) in [5.74, 6) is 0.944. The van der Waals surface area contributed by atoms with E-state index in [1.54, 1.807) is 7.11 Å². The number of aliphatic hydroxyl groups excluding tert-OH is 1. The Labute approximate surface area is 127 Å². The number of ether oxygens (including phenoxy) is 1. The van der Waals surface area contributed by atoms with Gasteiger partial charge in [0.2, 0.25) is 0 Å². The van der Waals surface area contributed by atoms with Crippen LogP contribution in [-0.4, -0.2) is 56.4 Å². The van der Waals surface area contributed by atoms with E-state index in [0.717, 1.165) is 58.0 Å². The Morgan fingerprint density at radius 3 is 2.86 bits per heavy atom. The summed E-state index contributed by atoms with van der Waals surface area (Å²) in [5, 5.41) is 15.5. The molecule has 0 spiro atoms. The third-order valence-corrected chi connectivity index (χ3v) is 3.79. The molecular weight excluding hydrogens is 266 g/mol. The van der Waals surface area contributed by atoms with E-state index in [-0.39, 0.29) is 6.61 Å². The van der Waals surface area contributed by atoms with Crippen molar-refractivity contribution in [3.8, 4) is 5.75 Å². The molecule has 1 aromatic carbocycles. The van der Waals surface area contributed by atoms with Gasteiger partial charge in [-0.2, -0.15) is 0 Å². The van der Waals surface area contributed by atoms with Gasteiger partial charge in [-0.15, -0.1) is 0 Å². The summed E-state index contributed by atoms with van der Waals surface area (Å²) in [4.78, 5) is 2.46. The van der Waals surface area contributed by atoms with Crippen LogP contribution in [0.2, 0.25) is 0 Å². The van der Waals surface area contributed by atoms with Crippen LogP contribution >= 0.6 is 0 Å². The zero-order valence-corrected chi connectivity index (χ0v) is 12.9. The van der Waals surface area contributed by atoms with Crippen LogP contribution in [0.1, 0.15) is 17.5 Å². The largest absolute Gasteiger partial charge is 0.496 e. The highest BCUT2D eigenvalue weighted by atomic mass is 16.5. The Bertz CT molecular complexity index is 420. The number of hydrogen-bond acceptors (Lipinski definition) is 5. The van der Waals surface area contributed by atoms with E-state index in [4.69, 9.17) is 9.84 Å². The lowest BCUT2D eigenvalue weighted by Gasteiger charge is -2.27. The lowest BCUT2D eigenvalue weighted by atomic mass is 10.1. The second-order valence-electron chi connectivity index (χ2n) is 5.43. The predicted octanol–water partition coefficient (Wildman–Crippen LogP) is 0.572. The number of methoxy groups -OCH3 is 1. The second kappa shape index (κ2) is 9.00. The zero-order valence-electron chi connectivity index (χ0n) is 12.9. The topological polar surface area (TPSA) is 56.8 Å². The predicted molar refractivity (Wildman–Crippen MR) is 84.6 cm³/mol. The van der Waals surface area contributed by atoms with Gasteiger partial charge in [0.05, 0.1) is 7.11 Å². The summed E-state index contributed by atoms with van der Waals surface area (Å²) in [6.45, 7) is 7.16. The monoisotopic (exact) mass is 293 g/mol. The number of nitrogens with zero attached hydrogens (tertiary/aromatic N) is 1. The molecule has 1 aromatic rings. The van der Waals surface area contributed by atoms with Crippen LogP contribution in [0, 0.1) is 0 Å². The Morgan fingerprint density at radius 2 is 2.14 bits per heavy atom. The van der Waals surface area contributed by atoms with Gasteiger partial charge in [-0.3, -0.25) is 4.90 Å². The van der Waals surface area contributed by atoms with Crippen molar-refractivity contribution in [3.63, 3.8) is 0 Å². The number of aliphatic hydroxyl groups is 1. The molecule has 1 aliphatic rings. The van der Waals surface area contributed by atoms with Gasteiger partial charge >= 0.3 is 0 Å². The van der Waals surface area contributed by atoms with Gasteiger partial charge in [0.1, 0.15) is 5.75 Å². The fourth-order valence-corrected chi connectivity index (χ4v) is 2.59. The lowest BCUT2D eigenvalue weighted by molar-refractivity contribution is 0.233. The summed E-state index contributed by atoms with van der Waals surface area (Å²) in [6.07, 6.45) is 0.781. The fraction of sp³-hybridized carbons (Fsp3) is 0.625. The van der Waals surface area contributed by atoms with Crippen molar-refractivity contribution in [1.82, 2.24) is 15.5 Å². The Balaban J connectivity index is 1.91. The molecule has 1 saturated heterocycles. The molecule has 118 valence electrons. The molecule has 0 unspecified atom stereocenters. The van der Waals surface area contributed by atoms with E-state index in [1.807, 2.05) is 0 Å². The molecule has 1 aliphatic heterocycles. The Kier molecular flexibility index (Phi) is 6.95. The maximum atomic E-state index is 8.78. The molecule has 0 aromatic heterocycles. The SMILES string of the molecule is COc1cc(CN2CCNCC2)ccc1CNCCCO. The van der Waals surface area contributed by atoms with Crippen molar-refractivity contribution >= 4 is 0 Å². The molecule has 0 aliphatic carbocycles. The highest BCUT2D eigenvalue weighted by Gasteiger charge is 2.11. The fourth-order valence-electron chi connectivity index (χ4n) is 2.59. The molecule has 0 amide bonds. The maximum Gasteiger partial charge on any atom is 0.123 e. The van der Waals surface area contributed by atoms with Gasteiger partial charge in [-0.05, 0) is 24.6 Å². The molecule has 0 saturated carbocycles. The van der Waals surface area contributed by atoms with E-state index in [9.17, 15) is 0 Å². The maximum absolute atomic E-state index is 8.78. The second-order valence-corrected chi connectivity index (χ2v) is 5.43. The molecule has 1 heterocycles. The quantitative estimate of drug-likeness (QED) is 0.612. The molecule has 0 radical (unpaired) electrons. The molecule has 1 fully saturated rings. The first-order valence-electron chi connectivity index (χ1n) is 7.74. The highest BCUT2D eigenvalue weighted by molar-refractivity contribution is 5.37. The summed E-state index contributed by atoms with van der Waals surface area (Å²) < 4.78 is 5.51. The Hall–Kier alpha value is -1.14. The smallest absolute Gasteiger partial charge is 0.123 e. The number of nitrogens with one attached hydrogen (secondary N) is 2. The Morgan fingerprint density at radius 1 is 1.33 bits per heavy atom. The molecular formula is C16H27N3O2. The summed E-state index contributed by atoms with van der Waals surface area (Å²) in [7, 11) is 1.72. The van der Waals surface area contributed by atoms with Crippen LogP contribution in [0.25, 0.3) is 0 Å². The van der Waals surface area contributed by atoms with Crippen molar-refractivity contribution < 1.29 is 9.84 Å². The molecule has 21 heavy (non-hydrogen) atoms. The van der Waals surface area contributed by atoms with Crippen molar-refractivity contribution in [3.05, 3.63) is 29.3 Å². The first kappa shape index (κ1) is 16.2. The number of rotatable bonds is 8. The number of benzene rings is 1. The highest BCUT2D eigenvalue weighted by Crippen LogP contribution is 2.21. The van der Waals surface area contributed by atoms with Crippen LogP contribution in [-0.2, 0) is 13.1 Å². The van der Waals surface area contributed by atoms with Crippen molar-refractivity contribution in [2.75, 3.05) is 46.4 Å². The van der Waals surface area contributed by atoms with Gasteiger partial charge in [0.25, 0.3) is 0 Å². The summed E-state index contributed by atoms with van der Waals surface area (Å²) in [6, 6.07) is 6.47.